The Morgan fingerprint density at radius 1 is 0.980 bits per heavy atom. The van der Waals surface area contributed by atoms with Gasteiger partial charge in [0.1, 0.15) is 23.4 Å². The van der Waals surface area contributed by atoms with E-state index in [9.17, 15) is 15.0 Å². The van der Waals surface area contributed by atoms with Crippen molar-refractivity contribution in [2.75, 3.05) is 41.4 Å². The molecule has 3 saturated heterocycles. The zero-order chi connectivity index (χ0) is 36.4. The lowest BCUT2D eigenvalue weighted by atomic mass is 9.75. The number of aliphatic hydroxyl groups excluding tert-OH is 1. The number of hydrogen-bond acceptors (Lipinski definition) is 13. The minimum atomic E-state index is -1.42. The van der Waals surface area contributed by atoms with Gasteiger partial charge in [0.25, 0.3) is 0 Å². The van der Waals surface area contributed by atoms with Crippen molar-refractivity contribution in [1.82, 2.24) is 10.2 Å². The minimum Gasteiger partial charge on any atom is -0.461 e. The van der Waals surface area contributed by atoms with Gasteiger partial charge in [-0.25, -0.2) is 0 Å². The van der Waals surface area contributed by atoms with Crippen molar-refractivity contribution in [3.8, 4) is 0 Å². The van der Waals surface area contributed by atoms with E-state index in [1.54, 1.807) is 28.1 Å². The average molecular weight is 722 g/mol. The van der Waals surface area contributed by atoms with Crippen molar-refractivity contribution in [2.45, 2.75) is 175 Å². The Kier molecular flexibility index (Phi) is 17.8. The van der Waals surface area contributed by atoms with Crippen molar-refractivity contribution < 1.29 is 48.2 Å². The molecule has 298 valence electrons. The topological polar surface area (TPSA) is 163 Å². The predicted molar refractivity (Wildman–Crippen MR) is 195 cm³/mol. The van der Waals surface area contributed by atoms with E-state index in [0.717, 1.165) is 0 Å². The summed E-state index contributed by atoms with van der Waals surface area (Å²) in [6, 6.07) is -0.343. The summed E-state index contributed by atoms with van der Waals surface area (Å²) >= 11 is 0. The molecule has 13 heteroatoms. The Bertz CT molecular complexity index is 1030. The molecule has 3 aliphatic heterocycles. The maximum Gasteiger partial charge on any atom is 0.311 e. The van der Waals surface area contributed by atoms with Crippen LogP contribution in [0.3, 0.4) is 0 Å². The van der Waals surface area contributed by atoms with Crippen molar-refractivity contribution >= 4 is 5.97 Å². The number of rotatable bonds is 8. The number of nitrogens with two attached hydrogens (primary N) is 1. The van der Waals surface area contributed by atoms with Crippen LogP contribution in [0, 0.1) is 17.8 Å². The monoisotopic (exact) mass is 722 g/mol. The molecule has 3 fully saturated rings. The Balaban J connectivity index is 0.00000625. The van der Waals surface area contributed by atoms with Crippen LogP contribution < -0.4 is 11.1 Å². The first kappa shape index (κ1) is 47.1. The van der Waals surface area contributed by atoms with E-state index in [2.05, 4.69) is 12.2 Å². The van der Waals surface area contributed by atoms with Crippen LogP contribution in [-0.4, -0.2) is 141 Å². The second-order valence-electron chi connectivity index (χ2n) is 15.5. The number of nitrogens with zero attached hydrogens (tertiary/aromatic N) is 1. The number of cyclic esters (lactones) is 1. The summed E-state index contributed by atoms with van der Waals surface area (Å²) in [5, 5.41) is 27.2. The number of esters is 1. The first-order valence-electron chi connectivity index (χ1n) is 17.7. The van der Waals surface area contributed by atoms with Crippen LogP contribution in [0.5, 0.6) is 0 Å². The van der Waals surface area contributed by atoms with E-state index in [1.165, 1.54) is 0 Å². The van der Waals surface area contributed by atoms with E-state index in [-0.39, 0.29) is 51.9 Å². The number of nitrogens with one attached hydrogen (secondary N) is 1. The summed E-state index contributed by atoms with van der Waals surface area (Å²) in [5.74, 6) is -1.83. The van der Waals surface area contributed by atoms with Gasteiger partial charge in [-0.15, -0.1) is 0 Å². The van der Waals surface area contributed by atoms with Gasteiger partial charge in [0.05, 0.1) is 35.9 Å². The molecule has 0 radical (unpaired) electrons. The van der Waals surface area contributed by atoms with Crippen LogP contribution in [0.15, 0.2) is 0 Å². The summed E-state index contributed by atoms with van der Waals surface area (Å²) in [6.07, 6.45) is -4.50. The Labute approximate surface area is 303 Å². The highest BCUT2D eigenvalue weighted by Crippen LogP contribution is 2.44. The second-order valence-corrected chi connectivity index (χ2v) is 15.5. The highest BCUT2D eigenvalue weighted by atomic mass is 16.7. The quantitative estimate of drug-likeness (QED) is 0.270. The fourth-order valence-corrected chi connectivity index (χ4v) is 8.14. The SMILES string of the molecule is C.C.COC1(C)CC(OC2C(C)C(=O)O[C@H](C)C(C)NCC(C)CC(C)(O)C(OC3OC(C)CC(N(C)C)C3O)C2C)OC(C)C1(CN)OC. The Morgan fingerprint density at radius 2 is 1.60 bits per heavy atom. The molecule has 3 heterocycles. The lowest BCUT2D eigenvalue weighted by molar-refractivity contribution is -0.339. The molecular weight excluding hydrogens is 646 g/mol. The molecule has 16 atom stereocenters. The van der Waals surface area contributed by atoms with Crippen LogP contribution in [0.1, 0.15) is 96.4 Å². The van der Waals surface area contributed by atoms with Gasteiger partial charge in [-0.2, -0.15) is 0 Å². The summed E-state index contributed by atoms with van der Waals surface area (Å²) in [5.41, 5.74) is 2.99. The van der Waals surface area contributed by atoms with Gasteiger partial charge in [0, 0.05) is 45.2 Å². The number of likely N-dealkylation sites (N-methyl/N-ethyl adjacent to an activating group) is 1. The third-order valence-corrected chi connectivity index (χ3v) is 11.5. The van der Waals surface area contributed by atoms with E-state index < -0.39 is 77.7 Å². The third-order valence-electron chi connectivity index (χ3n) is 11.5. The van der Waals surface area contributed by atoms with E-state index in [1.807, 2.05) is 60.5 Å². The van der Waals surface area contributed by atoms with Crippen LogP contribution in [0.4, 0.5) is 0 Å². The van der Waals surface area contributed by atoms with Gasteiger partial charge in [-0.1, -0.05) is 28.7 Å². The second kappa shape index (κ2) is 18.9. The van der Waals surface area contributed by atoms with Crippen molar-refractivity contribution in [2.24, 2.45) is 23.5 Å². The van der Waals surface area contributed by atoms with Crippen LogP contribution in [0.25, 0.3) is 0 Å². The number of methoxy groups -OCH3 is 2. The average Bonchev–Trinajstić information content (AvgIpc) is 3.01. The first-order chi connectivity index (χ1) is 22.3. The van der Waals surface area contributed by atoms with E-state index in [0.29, 0.717) is 19.4 Å². The fraction of sp³-hybridized carbons (Fsp3) is 0.973. The predicted octanol–water partition coefficient (Wildman–Crippen LogP) is 3.31. The lowest BCUT2D eigenvalue weighted by Gasteiger charge is -2.55. The van der Waals surface area contributed by atoms with Crippen LogP contribution >= 0.6 is 0 Å². The molecule has 0 aromatic rings. The molecule has 0 amide bonds. The van der Waals surface area contributed by atoms with Crippen molar-refractivity contribution in [1.29, 1.82) is 0 Å². The molecule has 0 saturated carbocycles. The number of ether oxygens (including phenoxy) is 7. The molecule has 15 unspecified atom stereocenters. The van der Waals surface area contributed by atoms with Crippen molar-refractivity contribution in [3.05, 3.63) is 0 Å². The third kappa shape index (κ3) is 9.96. The highest BCUT2D eigenvalue weighted by molar-refractivity contribution is 5.73. The largest absolute Gasteiger partial charge is 0.461 e. The molecule has 13 nitrogen and oxygen atoms in total. The first-order valence-corrected chi connectivity index (χ1v) is 17.7. The number of carbonyl (C=O) groups excluding carboxylic acids is 1. The normalized spacial score (nSPS) is 46.7. The molecule has 50 heavy (non-hydrogen) atoms. The molecular formula is C37H75N3O10. The standard InChI is InChI=1S/C35H67N3O10.2CH4/c1-19-15-33(8,41)30(48-32-28(39)26(38(10)11)14-20(2)44-32)21(3)29(22(4)31(40)45-24(6)23(5)37-17-19)47-27-16-34(9,42-12)35(18-36,43-13)25(7)46-27;;/h19-30,32,37,39,41H,14-18,36H2,1-13H3;2*1H4/t19?,20?,21?,22?,23?,24-,25?,26?,27?,28?,29?,30?,32?,33?,34?,35?;;/m1../s1. The van der Waals surface area contributed by atoms with Gasteiger partial charge in [-0.05, 0) is 87.9 Å². The smallest absolute Gasteiger partial charge is 0.311 e. The van der Waals surface area contributed by atoms with Gasteiger partial charge in [-0.3, -0.25) is 4.79 Å². The summed E-state index contributed by atoms with van der Waals surface area (Å²) in [6.45, 7) is 17.8. The molecule has 0 aromatic carbocycles. The van der Waals surface area contributed by atoms with Gasteiger partial charge in [0.2, 0.25) is 0 Å². The van der Waals surface area contributed by atoms with E-state index in [4.69, 9.17) is 38.9 Å². The van der Waals surface area contributed by atoms with E-state index >= 15 is 0 Å². The molecule has 3 rings (SSSR count). The molecule has 0 aromatic heterocycles. The number of hydrogen-bond donors (Lipinski definition) is 4. The van der Waals surface area contributed by atoms with Gasteiger partial charge >= 0.3 is 5.97 Å². The van der Waals surface area contributed by atoms with Crippen LogP contribution in [-0.2, 0) is 38.0 Å². The summed E-state index contributed by atoms with van der Waals surface area (Å²) in [7, 11) is 7.02. The van der Waals surface area contributed by atoms with Gasteiger partial charge in [0.15, 0.2) is 12.6 Å². The minimum absolute atomic E-state index is 0. The molecule has 0 spiro atoms. The molecule has 0 aliphatic carbocycles. The maximum absolute atomic E-state index is 13.8. The van der Waals surface area contributed by atoms with Gasteiger partial charge < -0.3 is 59.3 Å². The fourth-order valence-electron chi connectivity index (χ4n) is 8.14. The number of aliphatic hydroxyl groups is 2. The Hall–Kier alpha value is -0.970. The Morgan fingerprint density at radius 3 is 2.14 bits per heavy atom. The zero-order valence-electron chi connectivity index (χ0n) is 31.7. The highest BCUT2D eigenvalue weighted by Gasteiger charge is 2.59. The zero-order valence-corrected chi connectivity index (χ0v) is 31.7. The lowest BCUT2D eigenvalue weighted by Crippen LogP contribution is -2.70. The molecule has 3 aliphatic rings. The maximum atomic E-state index is 13.8. The van der Waals surface area contributed by atoms with Crippen molar-refractivity contribution in [3.63, 3.8) is 0 Å². The number of carbonyl (C=O) groups is 1. The summed E-state index contributed by atoms with van der Waals surface area (Å²) in [4.78, 5) is 15.8. The molecule has 5 N–H and O–H groups in total. The summed E-state index contributed by atoms with van der Waals surface area (Å²) < 4.78 is 44.1. The van der Waals surface area contributed by atoms with Crippen LogP contribution in [0.2, 0.25) is 0 Å². The molecule has 0 bridgehead atoms.